The summed E-state index contributed by atoms with van der Waals surface area (Å²) in [6.45, 7) is 2.58. The molecule has 0 radical (unpaired) electrons. The predicted octanol–water partition coefficient (Wildman–Crippen LogP) is 5.00. The van der Waals surface area contributed by atoms with Crippen molar-refractivity contribution in [2.24, 2.45) is 0 Å². The minimum atomic E-state index is -0.369. The number of halogens is 1. The van der Waals surface area contributed by atoms with Gasteiger partial charge in [0.05, 0.1) is 22.4 Å². The number of nitrogens with one attached hydrogen (secondary N) is 2. The van der Waals surface area contributed by atoms with Gasteiger partial charge in [0.15, 0.2) is 0 Å². The molecule has 11 heteroatoms. The van der Waals surface area contributed by atoms with Gasteiger partial charge in [0.1, 0.15) is 16.9 Å². The molecular weight excluding hydrogens is 438 g/mol. The van der Waals surface area contributed by atoms with Crippen LogP contribution in [0, 0.1) is 0 Å². The lowest BCUT2D eigenvalue weighted by atomic mass is 10.1. The van der Waals surface area contributed by atoms with Crippen molar-refractivity contribution in [1.29, 1.82) is 0 Å². The number of rotatable bonds is 5. The Bertz CT molecular complexity index is 1260. The molecular formula is C20H18ClN7O2S. The standard InChI is InChI=1S/C20H18ClN7O2S/c1-2-12-6-8-28(20(29)30-12)16-9-11(5-7-22-16)18-26-27-19(31-18)24-15-4-3-14-13(17(15)21)10-23-25-14/h3-5,7,9-10,12H,2,6,8H2,1H3,(H,23,25)(H,24,27). The first-order valence-corrected chi connectivity index (χ1v) is 11.0. The van der Waals surface area contributed by atoms with Crippen LogP contribution in [0.15, 0.2) is 36.7 Å². The number of carbonyl (C=O) groups is 1. The van der Waals surface area contributed by atoms with Crippen LogP contribution >= 0.6 is 22.9 Å². The molecule has 0 saturated carbocycles. The number of benzene rings is 1. The molecule has 0 bridgehead atoms. The van der Waals surface area contributed by atoms with Gasteiger partial charge in [0.2, 0.25) is 5.13 Å². The van der Waals surface area contributed by atoms with Crippen LogP contribution in [0.5, 0.6) is 0 Å². The number of hydrogen-bond donors (Lipinski definition) is 2. The van der Waals surface area contributed by atoms with Crippen molar-refractivity contribution >= 4 is 56.6 Å². The number of anilines is 3. The highest BCUT2D eigenvalue weighted by Gasteiger charge is 2.28. The number of cyclic esters (lactones) is 1. The van der Waals surface area contributed by atoms with Crippen molar-refractivity contribution in [3.8, 4) is 10.6 Å². The van der Waals surface area contributed by atoms with E-state index in [2.05, 4.69) is 30.7 Å². The molecule has 158 valence electrons. The van der Waals surface area contributed by atoms with Gasteiger partial charge in [-0.3, -0.25) is 10.00 Å². The maximum absolute atomic E-state index is 12.3. The molecule has 1 unspecified atom stereocenters. The highest BCUT2D eigenvalue weighted by Crippen LogP contribution is 2.35. The first kappa shape index (κ1) is 19.7. The van der Waals surface area contributed by atoms with Crippen LogP contribution in [0.4, 0.5) is 21.4 Å². The Kier molecular flexibility index (Phi) is 5.16. The van der Waals surface area contributed by atoms with Gasteiger partial charge in [-0.05, 0) is 30.7 Å². The third-order valence-corrected chi connectivity index (χ3v) is 6.41. The maximum atomic E-state index is 12.3. The molecule has 31 heavy (non-hydrogen) atoms. The van der Waals surface area contributed by atoms with Gasteiger partial charge >= 0.3 is 6.09 Å². The lowest BCUT2D eigenvalue weighted by Gasteiger charge is -2.30. The number of aromatic amines is 1. The minimum Gasteiger partial charge on any atom is -0.446 e. The number of ether oxygens (including phenoxy) is 1. The second-order valence-electron chi connectivity index (χ2n) is 7.05. The van der Waals surface area contributed by atoms with Crippen LogP contribution in [0.3, 0.4) is 0 Å². The van der Waals surface area contributed by atoms with Crippen molar-refractivity contribution in [2.45, 2.75) is 25.9 Å². The van der Waals surface area contributed by atoms with Gasteiger partial charge < -0.3 is 10.1 Å². The highest BCUT2D eigenvalue weighted by atomic mass is 35.5. The minimum absolute atomic E-state index is 0.0307. The zero-order valence-electron chi connectivity index (χ0n) is 16.5. The van der Waals surface area contributed by atoms with E-state index in [0.717, 1.165) is 35.0 Å². The number of nitrogens with zero attached hydrogens (tertiary/aromatic N) is 5. The molecule has 1 aromatic carbocycles. The average Bonchev–Trinajstić information content (AvgIpc) is 3.46. The molecule has 4 aromatic rings. The van der Waals surface area contributed by atoms with Crippen LogP contribution in [0.1, 0.15) is 19.8 Å². The number of fused-ring (bicyclic) bond motifs is 1. The lowest BCUT2D eigenvalue weighted by Crippen LogP contribution is -2.42. The molecule has 1 atom stereocenters. The van der Waals surface area contributed by atoms with E-state index in [1.165, 1.54) is 11.3 Å². The fourth-order valence-electron chi connectivity index (χ4n) is 3.41. The maximum Gasteiger partial charge on any atom is 0.415 e. The number of carbonyl (C=O) groups excluding carboxylic acids is 1. The summed E-state index contributed by atoms with van der Waals surface area (Å²) >= 11 is 7.85. The molecule has 1 aliphatic heterocycles. The zero-order valence-corrected chi connectivity index (χ0v) is 18.1. The fraction of sp³-hybridized carbons (Fsp3) is 0.250. The van der Waals surface area contributed by atoms with E-state index in [0.29, 0.717) is 27.5 Å². The van der Waals surface area contributed by atoms with E-state index in [4.69, 9.17) is 16.3 Å². The van der Waals surface area contributed by atoms with Crippen LogP contribution in [0.25, 0.3) is 21.5 Å². The van der Waals surface area contributed by atoms with E-state index in [1.807, 2.05) is 31.2 Å². The smallest absolute Gasteiger partial charge is 0.415 e. The average molecular weight is 456 g/mol. The molecule has 1 aliphatic rings. The number of pyridine rings is 1. The quantitative estimate of drug-likeness (QED) is 0.435. The molecule has 9 nitrogen and oxygen atoms in total. The van der Waals surface area contributed by atoms with Crippen molar-refractivity contribution in [2.75, 3.05) is 16.8 Å². The summed E-state index contributed by atoms with van der Waals surface area (Å²) in [6, 6.07) is 7.42. The van der Waals surface area contributed by atoms with Crippen molar-refractivity contribution < 1.29 is 9.53 Å². The summed E-state index contributed by atoms with van der Waals surface area (Å²) in [5.74, 6) is 0.537. The molecule has 1 amide bonds. The predicted molar refractivity (Wildman–Crippen MR) is 120 cm³/mol. The number of amides is 1. The lowest BCUT2D eigenvalue weighted by molar-refractivity contribution is 0.0818. The first-order valence-electron chi connectivity index (χ1n) is 9.79. The van der Waals surface area contributed by atoms with E-state index in [9.17, 15) is 4.79 Å². The topological polar surface area (TPSA) is 109 Å². The van der Waals surface area contributed by atoms with Crippen LogP contribution in [0.2, 0.25) is 5.02 Å². The van der Waals surface area contributed by atoms with Gasteiger partial charge in [-0.2, -0.15) is 5.10 Å². The summed E-state index contributed by atoms with van der Waals surface area (Å²) in [4.78, 5) is 18.2. The zero-order chi connectivity index (χ0) is 21.4. The Morgan fingerprint density at radius 2 is 2.26 bits per heavy atom. The summed E-state index contributed by atoms with van der Waals surface area (Å²) in [5.41, 5.74) is 2.40. The summed E-state index contributed by atoms with van der Waals surface area (Å²) in [5, 5.41) is 21.3. The molecule has 1 saturated heterocycles. The van der Waals surface area contributed by atoms with E-state index >= 15 is 0 Å². The van der Waals surface area contributed by atoms with Gasteiger partial charge in [0.25, 0.3) is 0 Å². The number of aromatic nitrogens is 5. The molecule has 0 aliphatic carbocycles. The monoisotopic (exact) mass is 455 g/mol. The summed E-state index contributed by atoms with van der Waals surface area (Å²) in [7, 11) is 0. The van der Waals surface area contributed by atoms with Gasteiger partial charge in [0, 0.05) is 30.1 Å². The second-order valence-corrected chi connectivity index (χ2v) is 8.41. The molecule has 0 spiro atoms. The van der Waals surface area contributed by atoms with E-state index in [-0.39, 0.29) is 12.2 Å². The largest absolute Gasteiger partial charge is 0.446 e. The van der Waals surface area contributed by atoms with Crippen LogP contribution in [-0.4, -0.2) is 44.1 Å². The first-order chi connectivity index (χ1) is 15.1. The van der Waals surface area contributed by atoms with Crippen LogP contribution < -0.4 is 10.2 Å². The Labute approximate surface area is 186 Å². The molecule has 4 heterocycles. The van der Waals surface area contributed by atoms with Gasteiger partial charge in [-0.15, -0.1) is 10.2 Å². The summed E-state index contributed by atoms with van der Waals surface area (Å²) < 4.78 is 5.45. The van der Waals surface area contributed by atoms with Crippen LogP contribution in [-0.2, 0) is 4.74 Å². The number of hydrogen-bond acceptors (Lipinski definition) is 8. The van der Waals surface area contributed by atoms with Crippen molar-refractivity contribution in [3.63, 3.8) is 0 Å². The second kappa shape index (κ2) is 8.12. The Morgan fingerprint density at radius 3 is 3.10 bits per heavy atom. The Balaban J connectivity index is 1.37. The molecule has 5 rings (SSSR count). The Hall–Kier alpha value is -3.24. The normalized spacial score (nSPS) is 16.5. The summed E-state index contributed by atoms with van der Waals surface area (Å²) in [6.07, 6.45) is 4.53. The molecule has 3 aromatic heterocycles. The SMILES string of the molecule is CCC1CCN(c2cc(-c3nnc(Nc4ccc5[nH]ncc5c4Cl)s3)ccn2)C(=O)O1. The molecule has 1 fully saturated rings. The van der Waals surface area contributed by atoms with Gasteiger partial charge in [-0.25, -0.2) is 9.78 Å². The van der Waals surface area contributed by atoms with Crippen molar-refractivity contribution in [3.05, 3.63) is 41.7 Å². The highest BCUT2D eigenvalue weighted by molar-refractivity contribution is 7.18. The third kappa shape index (κ3) is 3.79. The van der Waals surface area contributed by atoms with E-state index < -0.39 is 0 Å². The Morgan fingerprint density at radius 1 is 1.35 bits per heavy atom. The third-order valence-electron chi connectivity index (χ3n) is 5.11. The molecule has 2 N–H and O–H groups in total. The number of H-pyrrole nitrogens is 1. The van der Waals surface area contributed by atoms with E-state index in [1.54, 1.807) is 17.3 Å². The van der Waals surface area contributed by atoms with Crippen molar-refractivity contribution in [1.82, 2.24) is 25.4 Å². The van der Waals surface area contributed by atoms with Gasteiger partial charge in [-0.1, -0.05) is 29.9 Å². The fourth-order valence-corrected chi connectivity index (χ4v) is 4.42.